The van der Waals surface area contributed by atoms with E-state index in [2.05, 4.69) is 9.97 Å². The monoisotopic (exact) mass is 333 g/mol. The van der Waals surface area contributed by atoms with E-state index in [0.717, 1.165) is 21.6 Å². The van der Waals surface area contributed by atoms with Crippen LogP contribution in [0.1, 0.15) is 10.7 Å². The van der Waals surface area contributed by atoms with E-state index in [1.54, 1.807) is 5.38 Å². The van der Waals surface area contributed by atoms with Crippen LogP contribution in [0.4, 0.5) is 0 Å². The molecule has 2 aromatic heterocycles. The molecule has 1 N–H and O–H groups in total. The maximum Gasteiger partial charge on any atom is 0.266 e. The van der Waals surface area contributed by atoms with Crippen molar-refractivity contribution < 1.29 is 8.42 Å². The lowest BCUT2D eigenvalue weighted by molar-refractivity contribution is 0.462. The van der Waals surface area contributed by atoms with E-state index in [9.17, 15) is 13.2 Å². The van der Waals surface area contributed by atoms with Crippen LogP contribution in [0, 0.1) is 6.92 Å². The zero-order chi connectivity index (χ0) is 14.9. The number of nitrogens with one attached hydrogen (secondary N) is 1. The third kappa shape index (κ3) is 3.09. The maximum atomic E-state index is 12.3. The molecule has 2 heterocycles. The van der Waals surface area contributed by atoms with Crippen molar-refractivity contribution in [1.82, 2.24) is 14.3 Å². The van der Waals surface area contributed by atoms with Gasteiger partial charge in [0.25, 0.3) is 5.56 Å². The summed E-state index contributed by atoms with van der Waals surface area (Å²) in [4.78, 5) is 17.6. The lowest BCUT2D eigenvalue weighted by Crippen LogP contribution is -2.27. The molecule has 0 amide bonds. The summed E-state index contributed by atoms with van der Waals surface area (Å²) in [6.45, 7) is 2.01. The molecule has 2 rings (SSSR count). The molecule has 0 fully saturated rings. The van der Waals surface area contributed by atoms with Gasteiger partial charge >= 0.3 is 0 Å². The standard InChI is InChI=1S/C11H12ClN3O3S2/c1-7-14-8(6-19-7)5-15(2)20(17,18)9-3-10(12)11(16)13-4-9/h3-4,6H,5H2,1-2H3,(H,13,16). The Bertz CT molecular complexity index is 782. The minimum Gasteiger partial charge on any atom is -0.326 e. The summed E-state index contributed by atoms with van der Waals surface area (Å²) >= 11 is 7.11. The molecule has 6 nitrogen and oxygen atoms in total. The van der Waals surface area contributed by atoms with Crippen LogP contribution in [-0.2, 0) is 16.6 Å². The van der Waals surface area contributed by atoms with Gasteiger partial charge < -0.3 is 4.98 Å². The molecule has 0 saturated heterocycles. The van der Waals surface area contributed by atoms with E-state index >= 15 is 0 Å². The number of aryl methyl sites for hydroxylation is 1. The summed E-state index contributed by atoms with van der Waals surface area (Å²) in [5.74, 6) is 0. The molecule has 0 radical (unpaired) electrons. The van der Waals surface area contributed by atoms with Crippen LogP contribution in [0.5, 0.6) is 0 Å². The zero-order valence-corrected chi connectivity index (χ0v) is 13.1. The first-order valence-corrected chi connectivity index (χ1v) is 8.26. The van der Waals surface area contributed by atoms with E-state index in [1.165, 1.54) is 18.4 Å². The van der Waals surface area contributed by atoms with Crippen molar-refractivity contribution in [3.8, 4) is 0 Å². The largest absolute Gasteiger partial charge is 0.326 e. The van der Waals surface area contributed by atoms with E-state index in [4.69, 9.17) is 11.6 Å². The number of hydrogen-bond acceptors (Lipinski definition) is 5. The van der Waals surface area contributed by atoms with Crippen LogP contribution in [-0.4, -0.2) is 29.7 Å². The molecule has 0 unspecified atom stereocenters. The molecule has 0 aliphatic rings. The average molecular weight is 334 g/mol. The van der Waals surface area contributed by atoms with Gasteiger partial charge in [-0.1, -0.05) is 11.6 Å². The van der Waals surface area contributed by atoms with Gasteiger partial charge in [0, 0.05) is 18.6 Å². The third-order valence-corrected chi connectivity index (χ3v) is 5.48. The molecular weight excluding hydrogens is 322 g/mol. The number of aromatic nitrogens is 2. The molecule has 0 aliphatic carbocycles. The van der Waals surface area contributed by atoms with Crippen LogP contribution in [0.2, 0.25) is 5.02 Å². The number of thiazole rings is 1. The average Bonchev–Trinajstić information content (AvgIpc) is 2.78. The van der Waals surface area contributed by atoms with Gasteiger partial charge in [0.2, 0.25) is 10.0 Å². The van der Waals surface area contributed by atoms with Gasteiger partial charge in [0.1, 0.15) is 5.02 Å². The Morgan fingerprint density at radius 2 is 2.20 bits per heavy atom. The highest BCUT2D eigenvalue weighted by Crippen LogP contribution is 2.18. The second kappa shape index (κ2) is 5.65. The Morgan fingerprint density at radius 1 is 1.50 bits per heavy atom. The molecule has 9 heteroatoms. The van der Waals surface area contributed by atoms with Crippen molar-refractivity contribution in [1.29, 1.82) is 0 Å². The molecule has 0 saturated carbocycles. The van der Waals surface area contributed by atoms with Crippen LogP contribution in [0.15, 0.2) is 27.3 Å². The van der Waals surface area contributed by atoms with Crippen molar-refractivity contribution >= 4 is 33.0 Å². The van der Waals surface area contributed by atoms with Crippen LogP contribution in [0.25, 0.3) is 0 Å². The number of aromatic amines is 1. The number of pyridine rings is 1. The SMILES string of the molecule is Cc1nc(CN(C)S(=O)(=O)c2c[nH]c(=O)c(Cl)c2)cs1. The van der Waals surface area contributed by atoms with Crippen molar-refractivity contribution in [3.63, 3.8) is 0 Å². The fraction of sp³-hybridized carbons (Fsp3) is 0.273. The third-order valence-electron chi connectivity index (χ3n) is 2.59. The quantitative estimate of drug-likeness (QED) is 0.921. The normalized spacial score (nSPS) is 12.0. The highest BCUT2D eigenvalue weighted by atomic mass is 35.5. The van der Waals surface area contributed by atoms with E-state index < -0.39 is 15.6 Å². The molecular formula is C11H12ClN3O3S2. The van der Waals surface area contributed by atoms with Crippen molar-refractivity contribution in [2.24, 2.45) is 0 Å². The topological polar surface area (TPSA) is 83.1 Å². The van der Waals surface area contributed by atoms with Gasteiger partial charge in [-0.3, -0.25) is 4.79 Å². The first-order chi connectivity index (χ1) is 9.30. The first-order valence-electron chi connectivity index (χ1n) is 5.56. The van der Waals surface area contributed by atoms with Crippen LogP contribution < -0.4 is 5.56 Å². The zero-order valence-electron chi connectivity index (χ0n) is 10.8. The molecule has 0 spiro atoms. The molecule has 0 aromatic carbocycles. The van der Waals surface area contributed by atoms with Gasteiger partial charge in [0.05, 0.1) is 22.1 Å². The summed E-state index contributed by atoms with van der Waals surface area (Å²) in [7, 11) is -2.28. The Kier molecular flexibility index (Phi) is 4.28. The molecule has 20 heavy (non-hydrogen) atoms. The molecule has 108 valence electrons. The van der Waals surface area contributed by atoms with Gasteiger partial charge in [0.15, 0.2) is 0 Å². The van der Waals surface area contributed by atoms with Gasteiger partial charge in [-0.2, -0.15) is 4.31 Å². The fourth-order valence-corrected chi connectivity index (χ4v) is 3.54. The fourth-order valence-electron chi connectivity index (χ4n) is 1.56. The van der Waals surface area contributed by atoms with Gasteiger partial charge in [-0.25, -0.2) is 13.4 Å². The molecule has 2 aromatic rings. The number of sulfonamides is 1. The summed E-state index contributed by atoms with van der Waals surface area (Å²) in [6.07, 6.45) is 1.13. The number of rotatable bonds is 4. The summed E-state index contributed by atoms with van der Waals surface area (Å²) in [6, 6.07) is 1.14. The molecule has 0 atom stereocenters. The summed E-state index contributed by atoms with van der Waals surface area (Å²) < 4.78 is 25.8. The molecule has 0 bridgehead atoms. The van der Waals surface area contributed by atoms with Gasteiger partial charge in [-0.05, 0) is 13.0 Å². The van der Waals surface area contributed by atoms with Crippen molar-refractivity contribution in [3.05, 3.63) is 43.7 Å². The predicted octanol–water partition coefficient (Wildman–Crippen LogP) is 1.61. The van der Waals surface area contributed by atoms with Crippen molar-refractivity contribution in [2.75, 3.05) is 7.05 Å². The maximum absolute atomic E-state index is 12.3. The van der Waals surface area contributed by atoms with Crippen LogP contribution in [0.3, 0.4) is 0 Å². The highest BCUT2D eigenvalue weighted by Gasteiger charge is 2.22. The number of halogens is 1. The summed E-state index contributed by atoms with van der Waals surface area (Å²) in [5, 5.41) is 2.52. The predicted molar refractivity (Wildman–Crippen MR) is 77.6 cm³/mol. The Hall–Kier alpha value is -1.22. The van der Waals surface area contributed by atoms with Crippen LogP contribution >= 0.6 is 22.9 Å². The number of H-pyrrole nitrogens is 1. The summed E-state index contributed by atoms with van der Waals surface area (Å²) in [5.41, 5.74) is 0.150. The van der Waals surface area contributed by atoms with E-state index in [1.807, 2.05) is 6.92 Å². The van der Waals surface area contributed by atoms with E-state index in [-0.39, 0.29) is 16.5 Å². The van der Waals surface area contributed by atoms with Crippen molar-refractivity contribution in [2.45, 2.75) is 18.4 Å². The second-order valence-corrected chi connectivity index (χ2v) is 7.65. The first kappa shape index (κ1) is 15.2. The minimum atomic E-state index is -3.72. The smallest absolute Gasteiger partial charge is 0.266 e. The number of nitrogens with zero attached hydrogens (tertiary/aromatic N) is 2. The lowest BCUT2D eigenvalue weighted by atomic mass is 10.5. The number of hydrogen-bond donors (Lipinski definition) is 1. The Labute approximate surface area is 125 Å². The minimum absolute atomic E-state index is 0.0587. The Balaban J connectivity index is 2.29. The second-order valence-electron chi connectivity index (χ2n) is 4.13. The Morgan fingerprint density at radius 3 is 2.75 bits per heavy atom. The molecule has 0 aliphatic heterocycles. The lowest BCUT2D eigenvalue weighted by Gasteiger charge is -2.15. The van der Waals surface area contributed by atoms with E-state index in [0.29, 0.717) is 5.69 Å². The van der Waals surface area contributed by atoms with Gasteiger partial charge in [-0.15, -0.1) is 11.3 Å². The highest BCUT2D eigenvalue weighted by molar-refractivity contribution is 7.89.